The van der Waals surface area contributed by atoms with Gasteiger partial charge < -0.3 is 19.9 Å². The predicted molar refractivity (Wildman–Crippen MR) is 97.8 cm³/mol. The number of piperidine rings is 2. The molecule has 0 aromatic carbocycles. The fourth-order valence-corrected chi connectivity index (χ4v) is 3.76. The van der Waals surface area contributed by atoms with Crippen LogP contribution < -0.4 is 10.6 Å². The number of rotatable bonds is 6. The van der Waals surface area contributed by atoms with Gasteiger partial charge >= 0.3 is 5.97 Å². The predicted octanol–water partition coefficient (Wildman–Crippen LogP) is 1.02. The summed E-state index contributed by atoms with van der Waals surface area (Å²) in [5.41, 5.74) is 0. The highest BCUT2D eigenvalue weighted by atomic mass is 16.5. The highest BCUT2D eigenvalue weighted by Crippen LogP contribution is 2.22. The van der Waals surface area contributed by atoms with Crippen molar-refractivity contribution in [1.29, 1.82) is 0 Å². The van der Waals surface area contributed by atoms with Crippen molar-refractivity contribution < 1.29 is 14.3 Å². The van der Waals surface area contributed by atoms with Gasteiger partial charge in [-0.2, -0.15) is 0 Å². The maximum Gasteiger partial charge on any atom is 0.319 e. The lowest BCUT2D eigenvalue weighted by atomic mass is 9.93. The Balaban J connectivity index is 1.40. The Morgan fingerprint density at radius 2 is 2.00 bits per heavy atom. The topological polar surface area (TPSA) is 88.5 Å². The summed E-state index contributed by atoms with van der Waals surface area (Å²) >= 11 is 0. The van der Waals surface area contributed by atoms with Crippen LogP contribution in [0.4, 0.5) is 5.82 Å². The number of aromatic nitrogens is 2. The van der Waals surface area contributed by atoms with Crippen molar-refractivity contribution in [2.24, 2.45) is 5.92 Å². The summed E-state index contributed by atoms with van der Waals surface area (Å²) in [7, 11) is 1.41. The molecule has 0 aliphatic carbocycles. The van der Waals surface area contributed by atoms with Crippen molar-refractivity contribution in [3.8, 4) is 0 Å². The molecule has 3 rings (SSSR count). The van der Waals surface area contributed by atoms with E-state index in [9.17, 15) is 9.59 Å². The van der Waals surface area contributed by atoms with Gasteiger partial charge in [-0.3, -0.25) is 14.5 Å². The number of carbonyl (C=O) groups is 2. The van der Waals surface area contributed by atoms with Crippen molar-refractivity contribution in [1.82, 2.24) is 19.8 Å². The second-order valence-electron chi connectivity index (χ2n) is 7.24. The number of likely N-dealkylation sites (tertiary alicyclic amines) is 1. The van der Waals surface area contributed by atoms with E-state index in [2.05, 4.69) is 25.1 Å². The lowest BCUT2D eigenvalue weighted by Gasteiger charge is -2.30. The largest absolute Gasteiger partial charge is 0.468 e. The van der Waals surface area contributed by atoms with Gasteiger partial charge in [-0.1, -0.05) is 0 Å². The monoisotopic (exact) mass is 363 g/mol. The number of amides is 1. The Hall–Kier alpha value is -1.93. The summed E-state index contributed by atoms with van der Waals surface area (Å²) in [6.07, 6.45) is 8.29. The van der Waals surface area contributed by atoms with Crippen LogP contribution >= 0.6 is 0 Å². The third-order valence-electron chi connectivity index (χ3n) is 5.36. The number of hydrogen-bond acceptors (Lipinski definition) is 6. The van der Waals surface area contributed by atoms with Gasteiger partial charge in [-0.05, 0) is 57.8 Å². The molecule has 144 valence electrons. The maximum atomic E-state index is 12.3. The summed E-state index contributed by atoms with van der Waals surface area (Å²) in [4.78, 5) is 30.0. The van der Waals surface area contributed by atoms with Crippen LogP contribution in [0.1, 0.15) is 38.1 Å². The molecule has 0 radical (unpaired) electrons. The van der Waals surface area contributed by atoms with Gasteiger partial charge in [0.15, 0.2) is 5.82 Å². The number of ether oxygens (including phenoxy) is 1. The molecule has 1 aromatic heterocycles. The van der Waals surface area contributed by atoms with Gasteiger partial charge in [0.25, 0.3) is 0 Å². The standard InChI is InChI=1S/C18H29N5O3/c1-26-18(25)12-22-8-4-14(5-9-22)10-17(24)21-16-11-23(13-20-16)15-2-6-19-7-3-15/h11,13-15,19H,2-10,12H2,1H3,(H,21,24). The van der Waals surface area contributed by atoms with Crippen LogP contribution in [-0.4, -0.2) is 66.2 Å². The summed E-state index contributed by atoms with van der Waals surface area (Å²) < 4.78 is 6.81. The summed E-state index contributed by atoms with van der Waals surface area (Å²) in [6, 6.07) is 0.466. The SMILES string of the molecule is COC(=O)CN1CCC(CC(=O)Nc2cn(C3CCNCC3)cn2)CC1. The van der Waals surface area contributed by atoms with E-state index in [0.29, 0.717) is 30.7 Å². The van der Waals surface area contributed by atoms with Crippen molar-refractivity contribution in [2.75, 3.05) is 45.2 Å². The first kappa shape index (κ1) is 18.8. The summed E-state index contributed by atoms with van der Waals surface area (Å²) in [6.45, 7) is 4.05. The van der Waals surface area contributed by atoms with Crippen molar-refractivity contribution in [2.45, 2.75) is 38.1 Å². The minimum absolute atomic E-state index is 0.0204. The smallest absolute Gasteiger partial charge is 0.319 e. The van der Waals surface area contributed by atoms with Crippen LogP contribution in [0.5, 0.6) is 0 Å². The number of methoxy groups -OCH3 is 1. The zero-order chi connectivity index (χ0) is 18.4. The van der Waals surface area contributed by atoms with E-state index in [4.69, 9.17) is 4.74 Å². The minimum atomic E-state index is -0.203. The third kappa shape index (κ3) is 5.28. The normalized spacial score (nSPS) is 20.0. The lowest BCUT2D eigenvalue weighted by Crippen LogP contribution is -2.38. The average Bonchev–Trinajstić information content (AvgIpc) is 3.12. The summed E-state index contributed by atoms with van der Waals surface area (Å²) in [5, 5.41) is 6.28. The highest BCUT2D eigenvalue weighted by molar-refractivity contribution is 5.89. The quantitative estimate of drug-likeness (QED) is 0.734. The van der Waals surface area contributed by atoms with E-state index >= 15 is 0 Å². The van der Waals surface area contributed by atoms with Gasteiger partial charge in [0, 0.05) is 18.7 Å². The molecule has 2 fully saturated rings. The van der Waals surface area contributed by atoms with Crippen molar-refractivity contribution >= 4 is 17.7 Å². The molecule has 0 saturated carbocycles. The first-order chi connectivity index (χ1) is 12.6. The van der Waals surface area contributed by atoms with Crippen LogP contribution in [0.25, 0.3) is 0 Å². The molecule has 8 heteroatoms. The number of anilines is 1. The molecule has 0 spiro atoms. The number of imidazole rings is 1. The molecular weight excluding hydrogens is 334 g/mol. The first-order valence-corrected chi connectivity index (χ1v) is 9.47. The van der Waals surface area contributed by atoms with Crippen LogP contribution in [0.3, 0.4) is 0 Å². The molecule has 3 heterocycles. The molecule has 0 unspecified atom stereocenters. The number of nitrogens with zero attached hydrogens (tertiary/aromatic N) is 3. The number of nitrogens with one attached hydrogen (secondary N) is 2. The molecule has 0 bridgehead atoms. The molecule has 1 aromatic rings. The van der Waals surface area contributed by atoms with E-state index in [-0.39, 0.29) is 11.9 Å². The first-order valence-electron chi connectivity index (χ1n) is 9.47. The summed E-state index contributed by atoms with van der Waals surface area (Å²) in [5.74, 6) is 0.810. The third-order valence-corrected chi connectivity index (χ3v) is 5.36. The van der Waals surface area contributed by atoms with Crippen LogP contribution in [-0.2, 0) is 14.3 Å². The van der Waals surface area contributed by atoms with Gasteiger partial charge in [0.1, 0.15) is 0 Å². The molecule has 8 nitrogen and oxygen atoms in total. The lowest BCUT2D eigenvalue weighted by molar-refractivity contribution is -0.142. The zero-order valence-corrected chi connectivity index (χ0v) is 15.4. The van der Waals surface area contributed by atoms with E-state index in [1.165, 1.54) is 7.11 Å². The molecule has 1 amide bonds. The Kier molecular flexibility index (Phi) is 6.62. The fraction of sp³-hybridized carbons (Fsp3) is 0.722. The molecule has 2 N–H and O–H groups in total. The molecule has 0 atom stereocenters. The Morgan fingerprint density at radius 3 is 2.69 bits per heavy atom. The zero-order valence-electron chi connectivity index (χ0n) is 15.4. The maximum absolute atomic E-state index is 12.3. The van der Waals surface area contributed by atoms with E-state index in [1.807, 2.05) is 12.5 Å². The Bertz CT molecular complexity index is 604. The Morgan fingerprint density at radius 1 is 1.27 bits per heavy atom. The van der Waals surface area contributed by atoms with Gasteiger partial charge in [0.05, 0.1) is 20.0 Å². The average molecular weight is 363 g/mol. The van der Waals surface area contributed by atoms with E-state index in [1.54, 1.807) is 0 Å². The van der Waals surface area contributed by atoms with Crippen LogP contribution in [0.15, 0.2) is 12.5 Å². The van der Waals surface area contributed by atoms with E-state index in [0.717, 1.165) is 51.9 Å². The van der Waals surface area contributed by atoms with Crippen LogP contribution in [0, 0.1) is 5.92 Å². The molecule has 2 aliphatic rings. The number of carbonyl (C=O) groups excluding carboxylic acids is 2. The van der Waals surface area contributed by atoms with Gasteiger partial charge in [-0.25, -0.2) is 4.98 Å². The number of hydrogen-bond donors (Lipinski definition) is 2. The molecule has 2 saturated heterocycles. The van der Waals surface area contributed by atoms with Crippen molar-refractivity contribution in [3.05, 3.63) is 12.5 Å². The molecular formula is C18H29N5O3. The second kappa shape index (κ2) is 9.14. The fourth-order valence-electron chi connectivity index (χ4n) is 3.76. The van der Waals surface area contributed by atoms with Gasteiger partial charge in [-0.15, -0.1) is 0 Å². The van der Waals surface area contributed by atoms with Crippen molar-refractivity contribution in [3.63, 3.8) is 0 Å². The second-order valence-corrected chi connectivity index (χ2v) is 7.24. The number of esters is 1. The highest BCUT2D eigenvalue weighted by Gasteiger charge is 2.23. The molecule has 2 aliphatic heterocycles. The molecule has 26 heavy (non-hydrogen) atoms. The van der Waals surface area contributed by atoms with Gasteiger partial charge in [0.2, 0.25) is 5.91 Å². The van der Waals surface area contributed by atoms with E-state index < -0.39 is 0 Å². The Labute approximate surface area is 154 Å². The minimum Gasteiger partial charge on any atom is -0.468 e. The van der Waals surface area contributed by atoms with Crippen LogP contribution in [0.2, 0.25) is 0 Å².